The number of amidine groups is 1. The molecule has 1 aromatic rings. The van der Waals surface area contributed by atoms with Crippen LogP contribution in [0.15, 0.2) is 44.9 Å². The fourth-order valence-electron chi connectivity index (χ4n) is 3.47. The second kappa shape index (κ2) is 8.57. The number of benzene rings is 1. The minimum atomic E-state index is -3.94. The molecule has 2 aliphatic rings. The quantitative estimate of drug-likeness (QED) is 0.623. The second-order valence-corrected chi connectivity index (χ2v) is 9.36. The molecule has 152 valence electrons. The van der Waals surface area contributed by atoms with Crippen LogP contribution in [0.4, 0.5) is 5.69 Å². The third-order valence-electron chi connectivity index (χ3n) is 4.89. The van der Waals surface area contributed by atoms with Gasteiger partial charge in [-0.15, -0.1) is 4.40 Å². The first-order valence-electron chi connectivity index (χ1n) is 9.35. The van der Waals surface area contributed by atoms with Crippen molar-refractivity contribution >= 4 is 39.2 Å². The Bertz CT molecular complexity index is 925. The molecule has 0 saturated heterocycles. The third kappa shape index (κ3) is 3.91. The topological polar surface area (TPSA) is 99.1 Å². The van der Waals surface area contributed by atoms with Crippen LogP contribution in [0.5, 0.6) is 0 Å². The van der Waals surface area contributed by atoms with Gasteiger partial charge >= 0.3 is 0 Å². The van der Waals surface area contributed by atoms with Crippen LogP contribution in [0.25, 0.3) is 0 Å². The van der Waals surface area contributed by atoms with Gasteiger partial charge in [-0.25, -0.2) is 0 Å². The molecule has 0 aromatic heterocycles. The summed E-state index contributed by atoms with van der Waals surface area (Å²) in [7, 11) is -3.94. The van der Waals surface area contributed by atoms with Crippen molar-refractivity contribution in [3.8, 4) is 0 Å². The summed E-state index contributed by atoms with van der Waals surface area (Å²) in [6, 6.07) is 5.94. The van der Waals surface area contributed by atoms with Gasteiger partial charge in [-0.05, 0) is 37.0 Å². The molecule has 2 aliphatic heterocycles. The van der Waals surface area contributed by atoms with Crippen LogP contribution >= 0.6 is 11.8 Å². The van der Waals surface area contributed by atoms with Gasteiger partial charge in [0.1, 0.15) is 16.2 Å². The molecule has 0 aliphatic carbocycles. The van der Waals surface area contributed by atoms with Gasteiger partial charge in [-0.2, -0.15) is 20.2 Å². The Balaban J connectivity index is 1.97. The van der Waals surface area contributed by atoms with E-state index in [2.05, 4.69) is 16.6 Å². The van der Waals surface area contributed by atoms with Crippen molar-refractivity contribution in [2.75, 3.05) is 23.9 Å². The number of anilines is 1. The van der Waals surface area contributed by atoms with Crippen molar-refractivity contribution in [1.29, 1.82) is 0 Å². The van der Waals surface area contributed by atoms with Crippen LogP contribution in [0.1, 0.15) is 32.6 Å². The number of para-hydroxylation sites is 1. The van der Waals surface area contributed by atoms with E-state index in [1.165, 1.54) is 6.07 Å². The van der Waals surface area contributed by atoms with E-state index in [0.29, 0.717) is 18.7 Å². The lowest BCUT2D eigenvalue weighted by molar-refractivity contribution is -0.126. The number of aliphatic hydroxyl groups excluding tert-OH is 1. The van der Waals surface area contributed by atoms with Gasteiger partial charge in [-0.3, -0.25) is 4.79 Å². The molecule has 28 heavy (non-hydrogen) atoms. The Labute approximate surface area is 170 Å². The average Bonchev–Trinajstić information content (AvgIpc) is 2.89. The first kappa shape index (κ1) is 20.7. The van der Waals surface area contributed by atoms with Gasteiger partial charge in [0, 0.05) is 6.54 Å². The van der Waals surface area contributed by atoms with Crippen molar-refractivity contribution in [2.24, 2.45) is 4.40 Å². The minimum absolute atomic E-state index is 0.0410. The highest BCUT2D eigenvalue weighted by Gasteiger charge is 2.42. The van der Waals surface area contributed by atoms with E-state index in [1.807, 2.05) is 6.26 Å². The molecule has 1 aromatic carbocycles. The smallest absolute Gasteiger partial charge is 0.286 e. The lowest BCUT2D eigenvalue weighted by Crippen LogP contribution is -2.38. The number of rotatable bonds is 8. The van der Waals surface area contributed by atoms with Gasteiger partial charge in [0.05, 0.1) is 11.7 Å². The van der Waals surface area contributed by atoms with E-state index in [1.54, 1.807) is 34.9 Å². The highest BCUT2D eigenvalue weighted by atomic mass is 32.2. The SMILES string of the molecule is CCCCCN1C(=O)C(C2=NS(=O)(=O)c3ccccc3N2)=C(O)[C@@H]1CCSC. The van der Waals surface area contributed by atoms with Crippen LogP contribution < -0.4 is 5.32 Å². The number of carbonyl (C=O) groups is 1. The Hall–Kier alpha value is -2.00. The molecule has 1 amide bonds. The number of thioether (sulfide) groups is 1. The van der Waals surface area contributed by atoms with Gasteiger partial charge in [-0.1, -0.05) is 31.9 Å². The molecule has 0 bridgehead atoms. The number of nitrogens with one attached hydrogen (secondary N) is 1. The molecular weight excluding hydrogens is 398 g/mol. The van der Waals surface area contributed by atoms with Crippen molar-refractivity contribution < 1.29 is 18.3 Å². The Morgan fingerprint density at radius 1 is 1.29 bits per heavy atom. The van der Waals surface area contributed by atoms with E-state index < -0.39 is 16.1 Å². The maximum atomic E-state index is 13.1. The second-order valence-electron chi connectivity index (χ2n) is 6.80. The van der Waals surface area contributed by atoms with Crippen molar-refractivity contribution in [3.63, 3.8) is 0 Å². The third-order valence-corrected chi connectivity index (χ3v) is 6.87. The summed E-state index contributed by atoms with van der Waals surface area (Å²) < 4.78 is 28.9. The molecule has 7 nitrogen and oxygen atoms in total. The van der Waals surface area contributed by atoms with Crippen LogP contribution in [-0.4, -0.2) is 54.8 Å². The van der Waals surface area contributed by atoms with Crippen LogP contribution in [0.3, 0.4) is 0 Å². The summed E-state index contributed by atoms with van der Waals surface area (Å²) in [6.07, 6.45) is 5.41. The largest absolute Gasteiger partial charge is 0.509 e. The standard InChI is InChI=1S/C19H25N3O4S2/c1-3-4-7-11-22-14(10-12-27-2)17(23)16(19(22)24)18-20-13-8-5-6-9-15(13)28(25,26)21-18/h5-6,8-9,14,23H,3-4,7,10-12H2,1-2H3,(H,20,21)/t14-/m0/s1. The van der Waals surface area contributed by atoms with E-state index in [0.717, 1.165) is 25.0 Å². The maximum Gasteiger partial charge on any atom is 0.286 e. The Kier molecular flexibility index (Phi) is 6.34. The van der Waals surface area contributed by atoms with Crippen LogP contribution in [0.2, 0.25) is 0 Å². The van der Waals surface area contributed by atoms with E-state index in [4.69, 9.17) is 0 Å². The summed E-state index contributed by atoms with van der Waals surface area (Å²) >= 11 is 1.64. The number of aliphatic hydroxyl groups is 1. The zero-order valence-electron chi connectivity index (χ0n) is 16.0. The first-order chi connectivity index (χ1) is 13.4. The van der Waals surface area contributed by atoms with E-state index >= 15 is 0 Å². The van der Waals surface area contributed by atoms with Crippen molar-refractivity contribution in [2.45, 2.75) is 43.5 Å². The van der Waals surface area contributed by atoms with Crippen molar-refractivity contribution in [3.05, 3.63) is 35.6 Å². The van der Waals surface area contributed by atoms with Gasteiger partial charge < -0.3 is 15.3 Å². The molecule has 0 fully saturated rings. The normalized spacial score (nSPS) is 20.8. The number of fused-ring (bicyclic) bond motifs is 1. The summed E-state index contributed by atoms with van der Waals surface area (Å²) in [5.41, 5.74) is 0.311. The number of nitrogens with zero attached hydrogens (tertiary/aromatic N) is 2. The molecule has 2 N–H and O–H groups in total. The fourth-order valence-corrected chi connectivity index (χ4v) is 5.05. The summed E-state index contributed by atoms with van der Waals surface area (Å²) in [5, 5.41) is 13.8. The summed E-state index contributed by atoms with van der Waals surface area (Å²) in [6.45, 7) is 2.61. The Morgan fingerprint density at radius 3 is 2.75 bits per heavy atom. The summed E-state index contributed by atoms with van der Waals surface area (Å²) in [5.74, 6) is 0.200. The maximum absolute atomic E-state index is 13.1. The van der Waals surface area contributed by atoms with Gasteiger partial charge in [0.25, 0.3) is 15.9 Å². The Morgan fingerprint density at radius 2 is 2.04 bits per heavy atom. The van der Waals surface area contributed by atoms with Crippen LogP contribution in [0, 0.1) is 0 Å². The number of sulfonamides is 1. The highest BCUT2D eigenvalue weighted by Crippen LogP contribution is 2.33. The highest BCUT2D eigenvalue weighted by molar-refractivity contribution is 7.98. The number of unbranched alkanes of at least 4 members (excludes halogenated alkanes) is 2. The van der Waals surface area contributed by atoms with Crippen LogP contribution in [-0.2, 0) is 14.8 Å². The number of carbonyl (C=O) groups excluding carboxylic acids is 1. The average molecular weight is 424 g/mol. The molecule has 2 heterocycles. The molecule has 0 radical (unpaired) electrons. The van der Waals surface area contributed by atoms with E-state index in [9.17, 15) is 18.3 Å². The number of hydrogen-bond acceptors (Lipinski definition) is 6. The molecule has 0 spiro atoms. The van der Waals surface area contributed by atoms with Gasteiger partial charge in [0.15, 0.2) is 5.84 Å². The minimum Gasteiger partial charge on any atom is -0.509 e. The molecule has 3 rings (SSSR count). The monoisotopic (exact) mass is 423 g/mol. The summed E-state index contributed by atoms with van der Waals surface area (Å²) in [4.78, 5) is 14.8. The molecule has 9 heteroatoms. The zero-order valence-corrected chi connectivity index (χ0v) is 17.6. The predicted molar refractivity (Wildman–Crippen MR) is 112 cm³/mol. The first-order valence-corrected chi connectivity index (χ1v) is 12.2. The number of amides is 1. The molecule has 1 atom stereocenters. The van der Waals surface area contributed by atoms with E-state index in [-0.39, 0.29) is 28.0 Å². The molecule has 0 saturated carbocycles. The zero-order chi connectivity index (χ0) is 20.3. The predicted octanol–water partition coefficient (Wildman–Crippen LogP) is 3.17. The lowest BCUT2D eigenvalue weighted by atomic mass is 10.1. The molecular formula is C19H25N3O4S2. The van der Waals surface area contributed by atoms with Crippen molar-refractivity contribution in [1.82, 2.24) is 4.90 Å². The molecule has 0 unspecified atom stereocenters. The lowest BCUT2D eigenvalue weighted by Gasteiger charge is -2.25. The fraction of sp³-hybridized carbons (Fsp3) is 0.474. The van der Waals surface area contributed by atoms with Gasteiger partial charge in [0.2, 0.25) is 0 Å². The number of hydrogen-bond donors (Lipinski definition) is 2.